The molecule has 0 radical (unpaired) electrons. The van der Waals surface area contributed by atoms with Crippen LogP contribution in [0.3, 0.4) is 0 Å². The van der Waals surface area contributed by atoms with E-state index in [4.69, 9.17) is 9.84 Å². The van der Waals surface area contributed by atoms with Crippen LogP contribution in [0.2, 0.25) is 0 Å². The minimum absolute atomic E-state index is 0.160. The number of aryl methyl sites for hydroxylation is 1. The molecule has 5 heteroatoms. The summed E-state index contributed by atoms with van der Waals surface area (Å²) in [5, 5.41) is 13.2. The van der Waals surface area contributed by atoms with Gasteiger partial charge in [-0.1, -0.05) is 0 Å². The molecule has 1 aromatic rings. The lowest BCUT2D eigenvalue weighted by molar-refractivity contribution is 0.0499. The molecule has 2 rings (SSSR count). The molecule has 0 amide bonds. The maximum Gasteiger partial charge on any atom is 0.339 e. The van der Waals surface area contributed by atoms with E-state index in [1.807, 2.05) is 6.92 Å². The second-order valence-electron chi connectivity index (χ2n) is 3.92. The fourth-order valence-corrected chi connectivity index (χ4v) is 1.91. The molecule has 82 valence electrons. The number of nitrogens with zero attached hydrogens (tertiary/aromatic N) is 2. The van der Waals surface area contributed by atoms with Gasteiger partial charge >= 0.3 is 5.97 Å². The highest BCUT2D eigenvalue weighted by atomic mass is 16.5. The molecule has 15 heavy (non-hydrogen) atoms. The van der Waals surface area contributed by atoms with Crippen molar-refractivity contribution in [3.8, 4) is 0 Å². The van der Waals surface area contributed by atoms with Crippen molar-refractivity contribution in [1.82, 2.24) is 9.78 Å². The summed E-state index contributed by atoms with van der Waals surface area (Å²) in [4.78, 5) is 11.0. The fraction of sp³-hybridized carbons (Fsp3) is 0.600. The quantitative estimate of drug-likeness (QED) is 0.800. The summed E-state index contributed by atoms with van der Waals surface area (Å²) in [7, 11) is 1.72. The second kappa shape index (κ2) is 3.66. The predicted octanol–water partition coefficient (Wildman–Crippen LogP) is 1.36. The van der Waals surface area contributed by atoms with Crippen LogP contribution in [0, 0.1) is 0 Å². The molecule has 0 aromatic carbocycles. The number of carboxylic acids is 1. The Bertz CT molecular complexity index is 386. The van der Waals surface area contributed by atoms with Crippen molar-refractivity contribution < 1.29 is 14.6 Å². The summed E-state index contributed by atoms with van der Waals surface area (Å²) in [6.45, 7) is 1.99. The summed E-state index contributed by atoms with van der Waals surface area (Å²) in [5.41, 5.74) is 0.797. The van der Waals surface area contributed by atoms with E-state index in [2.05, 4.69) is 5.10 Å². The van der Waals surface area contributed by atoms with Gasteiger partial charge in [-0.15, -0.1) is 0 Å². The third kappa shape index (κ3) is 1.87. The van der Waals surface area contributed by atoms with Gasteiger partial charge in [0.15, 0.2) is 0 Å². The zero-order valence-corrected chi connectivity index (χ0v) is 8.80. The zero-order valence-electron chi connectivity index (χ0n) is 8.80. The maximum atomic E-state index is 11.0. The molecule has 0 aliphatic carbocycles. The molecule has 5 nitrogen and oxygen atoms in total. The summed E-state index contributed by atoms with van der Waals surface area (Å²) in [6.07, 6.45) is 3.36. The Hall–Kier alpha value is -1.36. The lowest BCUT2D eigenvalue weighted by Crippen LogP contribution is -2.07. The predicted molar refractivity (Wildman–Crippen MR) is 52.7 cm³/mol. The van der Waals surface area contributed by atoms with Crippen molar-refractivity contribution in [3.63, 3.8) is 0 Å². The average Bonchev–Trinajstić information content (AvgIpc) is 2.71. The van der Waals surface area contributed by atoms with Crippen LogP contribution in [0.15, 0.2) is 6.20 Å². The number of hydrogen-bond donors (Lipinski definition) is 1. The molecule has 1 N–H and O–H groups in total. The molecular formula is C10H14N2O3. The summed E-state index contributed by atoms with van der Waals surface area (Å²) < 4.78 is 7.13. The molecule has 0 saturated carbocycles. The number of carbonyl (C=O) groups is 1. The molecule has 0 bridgehead atoms. The van der Waals surface area contributed by atoms with Crippen molar-refractivity contribution in [1.29, 1.82) is 0 Å². The second-order valence-corrected chi connectivity index (χ2v) is 3.92. The van der Waals surface area contributed by atoms with Gasteiger partial charge < -0.3 is 9.84 Å². The molecule has 2 heterocycles. The van der Waals surface area contributed by atoms with Gasteiger partial charge in [0, 0.05) is 13.2 Å². The Morgan fingerprint density at radius 1 is 1.67 bits per heavy atom. The molecule has 1 aliphatic rings. The number of aromatic nitrogens is 2. The summed E-state index contributed by atoms with van der Waals surface area (Å²) in [5.74, 6) is -0.943. The fourth-order valence-electron chi connectivity index (χ4n) is 1.91. The Kier molecular flexibility index (Phi) is 2.48. The van der Waals surface area contributed by atoms with Gasteiger partial charge in [-0.05, 0) is 19.8 Å². The smallest absolute Gasteiger partial charge is 0.339 e. The average molecular weight is 210 g/mol. The van der Waals surface area contributed by atoms with Crippen LogP contribution in [0.1, 0.15) is 41.9 Å². The van der Waals surface area contributed by atoms with Crippen molar-refractivity contribution in [2.45, 2.75) is 32.0 Å². The van der Waals surface area contributed by atoms with Crippen molar-refractivity contribution in [2.24, 2.45) is 7.05 Å². The largest absolute Gasteiger partial charge is 0.478 e. The van der Waals surface area contributed by atoms with Crippen LogP contribution in [-0.4, -0.2) is 27.0 Å². The topological polar surface area (TPSA) is 64.4 Å². The molecular weight excluding hydrogens is 196 g/mol. The SMILES string of the molecule is CC1CCC(c2nn(C)cc2C(=O)O)O1. The van der Waals surface area contributed by atoms with Crippen LogP contribution in [0.5, 0.6) is 0 Å². The Morgan fingerprint density at radius 2 is 2.40 bits per heavy atom. The van der Waals surface area contributed by atoms with Crippen LogP contribution in [0.4, 0.5) is 0 Å². The van der Waals surface area contributed by atoms with Crippen molar-refractivity contribution in [3.05, 3.63) is 17.5 Å². The molecule has 1 aromatic heterocycles. The minimum Gasteiger partial charge on any atom is -0.478 e. The van der Waals surface area contributed by atoms with Gasteiger partial charge in [0.2, 0.25) is 0 Å². The van der Waals surface area contributed by atoms with Gasteiger partial charge in [0.05, 0.1) is 6.10 Å². The first kappa shape index (κ1) is 10.2. The number of rotatable bonds is 2. The highest BCUT2D eigenvalue weighted by Crippen LogP contribution is 2.33. The van der Waals surface area contributed by atoms with E-state index in [0.29, 0.717) is 5.69 Å². The first-order valence-corrected chi connectivity index (χ1v) is 5.00. The molecule has 2 unspecified atom stereocenters. The normalized spacial score (nSPS) is 25.7. The van der Waals surface area contributed by atoms with E-state index >= 15 is 0 Å². The number of carboxylic acid groups (broad SMARTS) is 1. The van der Waals surface area contributed by atoms with Crippen LogP contribution in [0.25, 0.3) is 0 Å². The molecule has 1 saturated heterocycles. The molecule has 2 atom stereocenters. The minimum atomic E-state index is -0.943. The van der Waals surface area contributed by atoms with E-state index in [0.717, 1.165) is 12.8 Å². The van der Waals surface area contributed by atoms with Crippen LogP contribution >= 0.6 is 0 Å². The number of aromatic carboxylic acids is 1. The van der Waals surface area contributed by atoms with E-state index in [-0.39, 0.29) is 17.8 Å². The summed E-state index contributed by atoms with van der Waals surface area (Å²) in [6, 6.07) is 0. The third-order valence-electron chi connectivity index (χ3n) is 2.62. The standard InChI is InChI=1S/C10H14N2O3/c1-6-3-4-8(15-6)9-7(10(13)14)5-12(2)11-9/h5-6,8H,3-4H2,1-2H3,(H,13,14). The van der Waals surface area contributed by atoms with Gasteiger partial charge in [0.25, 0.3) is 0 Å². The first-order chi connectivity index (χ1) is 7.08. The highest BCUT2D eigenvalue weighted by Gasteiger charge is 2.29. The van der Waals surface area contributed by atoms with Gasteiger partial charge in [-0.3, -0.25) is 4.68 Å². The van der Waals surface area contributed by atoms with E-state index in [1.165, 1.54) is 10.9 Å². The monoisotopic (exact) mass is 210 g/mol. The molecule has 0 spiro atoms. The third-order valence-corrected chi connectivity index (χ3v) is 2.62. The first-order valence-electron chi connectivity index (χ1n) is 5.00. The van der Waals surface area contributed by atoms with Crippen LogP contribution in [-0.2, 0) is 11.8 Å². The van der Waals surface area contributed by atoms with Gasteiger partial charge in [0.1, 0.15) is 17.4 Å². The van der Waals surface area contributed by atoms with Crippen LogP contribution < -0.4 is 0 Å². The van der Waals surface area contributed by atoms with E-state index < -0.39 is 5.97 Å². The maximum absolute atomic E-state index is 11.0. The molecule has 1 aliphatic heterocycles. The molecule has 1 fully saturated rings. The van der Waals surface area contributed by atoms with Gasteiger partial charge in [-0.2, -0.15) is 5.10 Å². The van der Waals surface area contributed by atoms with Crippen molar-refractivity contribution >= 4 is 5.97 Å². The Morgan fingerprint density at radius 3 is 2.93 bits per heavy atom. The van der Waals surface area contributed by atoms with E-state index in [9.17, 15) is 4.79 Å². The van der Waals surface area contributed by atoms with Crippen molar-refractivity contribution in [2.75, 3.05) is 0 Å². The Balaban J connectivity index is 2.30. The number of hydrogen-bond acceptors (Lipinski definition) is 3. The summed E-state index contributed by atoms with van der Waals surface area (Å²) >= 11 is 0. The Labute approximate surface area is 87.7 Å². The lowest BCUT2D eigenvalue weighted by Gasteiger charge is -2.08. The van der Waals surface area contributed by atoms with Gasteiger partial charge in [-0.25, -0.2) is 4.79 Å². The lowest BCUT2D eigenvalue weighted by atomic mass is 10.1. The number of ether oxygens (including phenoxy) is 1. The zero-order chi connectivity index (χ0) is 11.0. The highest BCUT2D eigenvalue weighted by molar-refractivity contribution is 5.88. The van der Waals surface area contributed by atoms with E-state index in [1.54, 1.807) is 7.05 Å².